The lowest BCUT2D eigenvalue weighted by Gasteiger charge is -2.20. The van der Waals surface area contributed by atoms with Gasteiger partial charge in [-0.25, -0.2) is 14.2 Å². The predicted octanol–water partition coefficient (Wildman–Crippen LogP) is 4.56. The van der Waals surface area contributed by atoms with Crippen molar-refractivity contribution in [3.05, 3.63) is 97.5 Å². The molecule has 0 saturated carbocycles. The summed E-state index contributed by atoms with van der Waals surface area (Å²) in [5.41, 5.74) is -0.466. The zero-order chi connectivity index (χ0) is 24.4. The molecule has 176 valence electrons. The summed E-state index contributed by atoms with van der Waals surface area (Å²) in [5.74, 6) is 0.0798. The molecule has 2 aromatic carbocycles. The van der Waals surface area contributed by atoms with Crippen LogP contribution in [0.5, 0.6) is 11.5 Å². The van der Waals surface area contributed by atoms with Crippen molar-refractivity contribution in [3.8, 4) is 11.5 Å². The van der Waals surface area contributed by atoms with Crippen LogP contribution < -0.4 is 16.0 Å². The minimum atomic E-state index is -1.35. The van der Waals surface area contributed by atoms with Gasteiger partial charge in [0.05, 0.1) is 11.6 Å². The van der Waals surface area contributed by atoms with Crippen molar-refractivity contribution < 1.29 is 14.2 Å². The number of halogens is 2. The molecule has 0 aliphatic carbocycles. The standard InChI is InChI=1S/C25H23ClFN3O4/c1-3-4-13-30-24(32)21-20(22(31)15-5-9-17(27)10-6-15)19(14-28-23(21)29(2)25(30)33)34-18-11-7-16(26)8-12-18/h5-12,14,22,31H,3-4,13H2,1-2H3. The van der Waals surface area contributed by atoms with Crippen LogP contribution >= 0.6 is 11.6 Å². The average Bonchev–Trinajstić information content (AvgIpc) is 2.84. The Balaban J connectivity index is 2.01. The Labute approximate surface area is 199 Å². The maximum Gasteiger partial charge on any atom is 0.332 e. The highest BCUT2D eigenvalue weighted by molar-refractivity contribution is 6.30. The third kappa shape index (κ3) is 4.47. The van der Waals surface area contributed by atoms with E-state index in [0.29, 0.717) is 22.8 Å². The van der Waals surface area contributed by atoms with Gasteiger partial charge in [0.25, 0.3) is 5.56 Å². The fourth-order valence-corrected chi connectivity index (χ4v) is 3.89. The van der Waals surface area contributed by atoms with Gasteiger partial charge in [-0.05, 0) is 48.4 Å². The number of unbranched alkanes of at least 4 members (excludes halogenated alkanes) is 1. The summed E-state index contributed by atoms with van der Waals surface area (Å²) >= 11 is 5.96. The second kappa shape index (κ2) is 9.79. The molecule has 1 unspecified atom stereocenters. The van der Waals surface area contributed by atoms with Crippen molar-refractivity contribution in [2.45, 2.75) is 32.4 Å². The highest BCUT2D eigenvalue weighted by atomic mass is 35.5. The van der Waals surface area contributed by atoms with Crippen molar-refractivity contribution in [2.24, 2.45) is 7.05 Å². The topological polar surface area (TPSA) is 86.3 Å². The third-order valence-corrected chi connectivity index (χ3v) is 5.84. The van der Waals surface area contributed by atoms with Crippen molar-refractivity contribution in [3.63, 3.8) is 0 Å². The van der Waals surface area contributed by atoms with Gasteiger partial charge in [-0.2, -0.15) is 0 Å². The van der Waals surface area contributed by atoms with Gasteiger partial charge in [-0.1, -0.05) is 37.1 Å². The number of hydrogen-bond donors (Lipinski definition) is 1. The molecule has 34 heavy (non-hydrogen) atoms. The molecule has 0 aliphatic heterocycles. The van der Waals surface area contributed by atoms with E-state index in [1.165, 1.54) is 42.1 Å². The van der Waals surface area contributed by atoms with Gasteiger partial charge < -0.3 is 9.84 Å². The number of ether oxygens (including phenoxy) is 1. The lowest BCUT2D eigenvalue weighted by Crippen LogP contribution is -2.40. The molecule has 9 heteroatoms. The van der Waals surface area contributed by atoms with Crippen molar-refractivity contribution in [1.82, 2.24) is 14.1 Å². The Hall–Kier alpha value is -3.49. The van der Waals surface area contributed by atoms with Crippen molar-refractivity contribution in [1.29, 1.82) is 0 Å². The molecule has 2 heterocycles. The number of aromatic nitrogens is 3. The first-order valence-corrected chi connectivity index (χ1v) is 11.2. The Morgan fingerprint density at radius 1 is 1.12 bits per heavy atom. The lowest BCUT2D eigenvalue weighted by atomic mass is 9.98. The molecule has 4 rings (SSSR count). The second-order valence-electron chi connectivity index (χ2n) is 7.90. The first-order chi connectivity index (χ1) is 16.3. The van der Waals surface area contributed by atoms with Gasteiger partial charge in [0.2, 0.25) is 0 Å². The Kier molecular flexibility index (Phi) is 6.81. The quantitative estimate of drug-likeness (QED) is 0.416. The van der Waals surface area contributed by atoms with E-state index in [4.69, 9.17) is 16.3 Å². The summed E-state index contributed by atoms with van der Waals surface area (Å²) < 4.78 is 21.9. The van der Waals surface area contributed by atoms with Crippen LogP contribution in [-0.2, 0) is 13.6 Å². The summed E-state index contributed by atoms with van der Waals surface area (Å²) in [7, 11) is 1.52. The molecule has 4 aromatic rings. The Bertz CT molecular complexity index is 1450. The van der Waals surface area contributed by atoms with Gasteiger partial charge in [0.1, 0.15) is 23.3 Å². The van der Waals surface area contributed by atoms with E-state index in [9.17, 15) is 19.1 Å². The van der Waals surface area contributed by atoms with E-state index in [1.54, 1.807) is 24.3 Å². The average molecular weight is 484 g/mol. The lowest BCUT2D eigenvalue weighted by molar-refractivity contribution is 0.217. The van der Waals surface area contributed by atoms with E-state index in [0.717, 1.165) is 11.0 Å². The smallest absolute Gasteiger partial charge is 0.332 e. The molecule has 1 atom stereocenters. The maximum atomic E-state index is 13.5. The highest BCUT2D eigenvalue weighted by Gasteiger charge is 2.25. The van der Waals surface area contributed by atoms with Gasteiger partial charge in [0, 0.05) is 24.2 Å². The summed E-state index contributed by atoms with van der Waals surface area (Å²) in [6.07, 6.45) is 1.42. The molecule has 0 spiro atoms. The van der Waals surface area contributed by atoms with Gasteiger partial charge >= 0.3 is 5.69 Å². The van der Waals surface area contributed by atoms with Crippen LogP contribution in [0.1, 0.15) is 37.0 Å². The SMILES string of the molecule is CCCCn1c(=O)c2c(C(O)c3ccc(F)cc3)c(Oc3ccc(Cl)cc3)cnc2n(C)c1=O. The van der Waals surface area contributed by atoms with E-state index >= 15 is 0 Å². The van der Waals surface area contributed by atoms with Crippen LogP contribution in [0.4, 0.5) is 4.39 Å². The number of fused-ring (bicyclic) bond motifs is 1. The number of pyridine rings is 1. The molecule has 7 nitrogen and oxygen atoms in total. The van der Waals surface area contributed by atoms with E-state index in [2.05, 4.69) is 4.98 Å². The molecule has 0 fully saturated rings. The van der Waals surface area contributed by atoms with Crippen LogP contribution in [0.25, 0.3) is 11.0 Å². The van der Waals surface area contributed by atoms with E-state index in [-0.39, 0.29) is 28.9 Å². The number of nitrogens with zero attached hydrogens (tertiary/aromatic N) is 3. The summed E-state index contributed by atoms with van der Waals surface area (Å²) in [5, 5.41) is 11.9. The minimum Gasteiger partial charge on any atom is -0.455 e. The van der Waals surface area contributed by atoms with E-state index < -0.39 is 23.2 Å². The summed E-state index contributed by atoms with van der Waals surface area (Å²) in [6, 6.07) is 11.9. The molecular formula is C25H23ClFN3O4. The van der Waals surface area contributed by atoms with Gasteiger partial charge in [-0.3, -0.25) is 13.9 Å². The Morgan fingerprint density at radius 2 is 1.79 bits per heavy atom. The number of hydrogen-bond acceptors (Lipinski definition) is 5. The molecule has 2 aromatic heterocycles. The third-order valence-electron chi connectivity index (χ3n) is 5.59. The van der Waals surface area contributed by atoms with Crippen LogP contribution in [0.15, 0.2) is 64.3 Å². The van der Waals surface area contributed by atoms with Gasteiger partial charge in [-0.15, -0.1) is 0 Å². The summed E-state index contributed by atoms with van der Waals surface area (Å²) in [6.45, 7) is 2.19. The molecule has 1 N–H and O–H groups in total. The molecule has 0 bridgehead atoms. The molecule has 0 radical (unpaired) electrons. The monoisotopic (exact) mass is 483 g/mol. The molecular weight excluding hydrogens is 461 g/mol. The van der Waals surface area contributed by atoms with Crippen LogP contribution in [0.2, 0.25) is 5.02 Å². The largest absolute Gasteiger partial charge is 0.455 e. The van der Waals surface area contributed by atoms with Crippen molar-refractivity contribution >= 4 is 22.6 Å². The molecule has 0 amide bonds. The maximum absolute atomic E-state index is 13.5. The number of aliphatic hydroxyl groups excluding tert-OH is 1. The Morgan fingerprint density at radius 3 is 2.44 bits per heavy atom. The van der Waals surface area contributed by atoms with Crippen LogP contribution in [0, 0.1) is 5.82 Å². The fraction of sp³-hybridized carbons (Fsp3) is 0.240. The van der Waals surface area contributed by atoms with Gasteiger partial charge in [0.15, 0.2) is 5.75 Å². The number of benzene rings is 2. The first kappa shape index (κ1) is 23.7. The number of rotatable bonds is 7. The second-order valence-corrected chi connectivity index (χ2v) is 8.33. The first-order valence-electron chi connectivity index (χ1n) is 10.8. The van der Waals surface area contributed by atoms with Crippen LogP contribution in [-0.4, -0.2) is 19.2 Å². The molecule has 0 saturated heterocycles. The van der Waals surface area contributed by atoms with Crippen LogP contribution in [0.3, 0.4) is 0 Å². The zero-order valence-corrected chi connectivity index (χ0v) is 19.4. The fourth-order valence-electron chi connectivity index (χ4n) is 3.76. The number of aryl methyl sites for hydroxylation is 1. The predicted molar refractivity (Wildman–Crippen MR) is 128 cm³/mol. The zero-order valence-electron chi connectivity index (χ0n) is 18.7. The summed E-state index contributed by atoms with van der Waals surface area (Å²) in [4.78, 5) is 30.7. The highest BCUT2D eigenvalue weighted by Crippen LogP contribution is 2.36. The van der Waals surface area contributed by atoms with Crippen molar-refractivity contribution in [2.75, 3.05) is 0 Å². The van der Waals surface area contributed by atoms with E-state index in [1.807, 2.05) is 6.92 Å². The normalized spacial score (nSPS) is 12.1. The molecule has 0 aliphatic rings. The number of aliphatic hydroxyl groups is 1. The minimum absolute atomic E-state index is 0.0569.